The number of hydrogen-bond acceptors (Lipinski definition) is 3. The number of nitrogens with one attached hydrogen (secondary N) is 2. The zero-order chi connectivity index (χ0) is 15.5. The van der Waals surface area contributed by atoms with Crippen LogP contribution in [0.15, 0.2) is 41.8 Å². The second-order valence-corrected chi connectivity index (χ2v) is 8.64. The fourth-order valence-corrected chi connectivity index (χ4v) is 2.84. The predicted octanol–water partition coefficient (Wildman–Crippen LogP) is 4.89. The van der Waals surface area contributed by atoms with Crippen molar-refractivity contribution in [3.8, 4) is 0 Å². The number of rotatable bonds is 4. The molecule has 0 aliphatic carbocycles. The van der Waals surface area contributed by atoms with Gasteiger partial charge in [0.2, 0.25) is 3.79 Å². The average Bonchev–Trinajstić information content (AvgIpc) is 2.93. The molecule has 1 amide bonds. The molecule has 2 aromatic rings. The molecule has 0 radical (unpaired) electrons. The third-order valence-electron chi connectivity index (χ3n) is 2.50. The molecule has 1 aromatic heterocycles. The van der Waals surface area contributed by atoms with Crippen molar-refractivity contribution in [2.75, 3.05) is 5.32 Å². The number of halogens is 4. The second kappa shape index (κ2) is 7.37. The summed E-state index contributed by atoms with van der Waals surface area (Å²) in [6.07, 6.45) is -0.850. The van der Waals surface area contributed by atoms with Crippen LogP contribution in [0, 0.1) is 3.57 Å². The number of benzene rings is 1. The quantitative estimate of drug-likeness (QED) is 0.376. The standard InChI is InChI=1S/C13H10Cl3IN2OS/c14-13(15,16)12(18-9-5-3-8(17)4-6-9)19-11(20)10-2-1-7-21-10/h1-7,12,18H,(H,19,20)/t12-/m0/s1. The Balaban J connectivity index is 2.12. The van der Waals surface area contributed by atoms with E-state index in [0.29, 0.717) is 4.88 Å². The first-order valence-corrected chi connectivity index (χ1v) is 8.88. The van der Waals surface area contributed by atoms with Crippen LogP contribution in [-0.2, 0) is 0 Å². The van der Waals surface area contributed by atoms with Gasteiger partial charge in [-0.15, -0.1) is 11.3 Å². The summed E-state index contributed by atoms with van der Waals surface area (Å²) in [5, 5.41) is 7.51. The van der Waals surface area contributed by atoms with Gasteiger partial charge in [-0.3, -0.25) is 4.79 Å². The Morgan fingerprint density at radius 3 is 2.38 bits per heavy atom. The number of hydrogen-bond donors (Lipinski definition) is 2. The summed E-state index contributed by atoms with van der Waals surface area (Å²) in [4.78, 5) is 12.6. The van der Waals surface area contributed by atoms with Crippen molar-refractivity contribution in [2.45, 2.75) is 9.96 Å². The lowest BCUT2D eigenvalue weighted by Gasteiger charge is -2.27. The molecule has 112 valence electrons. The minimum atomic E-state index is -1.68. The summed E-state index contributed by atoms with van der Waals surface area (Å²) in [6.45, 7) is 0. The number of carbonyl (C=O) groups excluding carboxylic acids is 1. The van der Waals surface area contributed by atoms with Crippen molar-refractivity contribution >= 4 is 80.3 Å². The summed E-state index contributed by atoms with van der Waals surface area (Å²) in [5.41, 5.74) is 0.748. The van der Waals surface area contributed by atoms with Gasteiger partial charge in [-0.1, -0.05) is 40.9 Å². The van der Waals surface area contributed by atoms with E-state index >= 15 is 0 Å². The molecule has 0 aliphatic rings. The van der Waals surface area contributed by atoms with Crippen LogP contribution < -0.4 is 10.6 Å². The van der Waals surface area contributed by atoms with Crippen molar-refractivity contribution in [1.29, 1.82) is 0 Å². The molecule has 2 rings (SSSR count). The fourth-order valence-electron chi connectivity index (χ4n) is 1.52. The lowest BCUT2D eigenvalue weighted by atomic mass is 10.3. The maximum atomic E-state index is 12.1. The molecular formula is C13H10Cl3IN2OS. The van der Waals surface area contributed by atoms with Crippen molar-refractivity contribution < 1.29 is 4.79 Å². The molecule has 2 N–H and O–H groups in total. The molecule has 0 saturated heterocycles. The van der Waals surface area contributed by atoms with Gasteiger partial charge >= 0.3 is 0 Å². The molecule has 0 spiro atoms. The maximum Gasteiger partial charge on any atom is 0.263 e. The molecule has 3 nitrogen and oxygen atoms in total. The molecule has 1 atom stereocenters. The number of carbonyl (C=O) groups is 1. The Hall–Kier alpha value is -0.210. The Morgan fingerprint density at radius 1 is 1.19 bits per heavy atom. The van der Waals surface area contributed by atoms with Gasteiger partial charge in [0.25, 0.3) is 5.91 Å². The Kier molecular flexibility index (Phi) is 6.02. The summed E-state index contributed by atoms with van der Waals surface area (Å²) in [6, 6.07) is 11.0. The van der Waals surface area contributed by atoms with E-state index in [1.54, 1.807) is 12.1 Å². The SMILES string of the molecule is O=C(N[C@H](Nc1ccc(I)cc1)C(Cl)(Cl)Cl)c1cccs1. The third-order valence-corrected chi connectivity index (χ3v) is 4.75. The lowest BCUT2D eigenvalue weighted by molar-refractivity contribution is 0.0946. The molecule has 1 aromatic carbocycles. The Bertz CT molecular complexity index is 599. The average molecular weight is 476 g/mol. The minimum Gasteiger partial charge on any atom is -0.362 e. The van der Waals surface area contributed by atoms with Gasteiger partial charge in [-0.2, -0.15) is 0 Å². The van der Waals surface area contributed by atoms with Crippen LogP contribution in [0.3, 0.4) is 0 Å². The van der Waals surface area contributed by atoms with Crippen molar-refractivity contribution in [3.63, 3.8) is 0 Å². The summed E-state index contributed by atoms with van der Waals surface area (Å²) < 4.78 is -0.596. The lowest BCUT2D eigenvalue weighted by Crippen LogP contribution is -2.48. The van der Waals surface area contributed by atoms with Crippen LogP contribution in [0.25, 0.3) is 0 Å². The highest BCUT2D eigenvalue weighted by Crippen LogP contribution is 2.31. The number of thiophene rings is 1. The molecule has 0 unspecified atom stereocenters. The first-order chi connectivity index (χ1) is 9.86. The van der Waals surface area contributed by atoms with E-state index in [2.05, 4.69) is 33.2 Å². The summed E-state index contributed by atoms with van der Waals surface area (Å²) >= 11 is 21.3. The number of anilines is 1. The largest absolute Gasteiger partial charge is 0.362 e. The zero-order valence-corrected chi connectivity index (χ0v) is 15.7. The van der Waals surface area contributed by atoms with Crippen molar-refractivity contribution in [1.82, 2.24) is 5.32 Å². The van der Waals surface area contributed by atoms with Crippen LogP contribution in [-0.4, -0.2) is 15.9 Å². The van der Waals surface area contributed by atoms with Gasteiger partial charge < -0.3 is 10.6 Å². The second-order valence-electron chi connectivity index (χ2n) is 4.08. The van der Waals surface area contributed by atoms with E-state index in [4.69, 9.17) is 34.8 Å². The molecule has 0 bridgehead atoms. The third kappa shape index (κ3) is 5.17. The van der Waals surface area contributed by atoms with Crippen LogP contribution in [0.2, 0.25) is 0 Å². The van der Waals surface area contributed by atoms with Crippen LogP contribution in [0.1, 0.15) is 9.67 Å². The van der Waals surface area contributed by atoms with E-state index in [1.807, 2.05) is 29.6 Å². The van der Waals surface area contributed by atoms with Crippen molar-refractivity contribution in [2.24, 2.45) is 0 Å². The molecule has 0 aliphatic heterocycles. The van der Waals surface area contributed by atoms with Gasteiger partial charge in [-0.25, -0.2) is 0 Å². The highest BCUT2D eigenvalue weighted by Gasteiger charge is 2.34. The van der Waals surface area contributed by atoms with Crippen LogP contribution >= 0.6 is 68.7 Å². The predicted molar refractivity (Wildman–Crippen MR) is 98.6 cm³/mol. The Morgan fingerprint density at radius 2 is 1.86 bits per heavy atom. The van der Waals surface area contributed by atoms with Gasteiger partial charge in [0.1, 0.15) is 6.17 Å². The van der Waals surface area contributed by atoms with Gasteiger partial charge in [0, 0.05) is 9.26 Å². The maximum absolute atomic E-state index is 12.1. The molecule has 21 heavy (non-hydrogen) atoms. The summed E-state index contributed by atoms with van der Waals surface area (Å²) in [5.74, 6) is -0.292. The van der Waals surface area contributed by atoms with Gasteiger partial charge in [0.05, 0.1) is 4.88 Å². The fraction of sp³-hybridized carbons (Fsp3) is 0.154. The first kappa shape index (κ1) is 17.1. The van der Waals surface area contributed by atoms with Gasteiger partial charge in [-0.05, 0) is 58.3 Å². The first-order valence-electron chi connectivity index (χ1n) is 5.79. The molecule has 0 fully saturated rings. The van der Waals surface area contributed by atoms with Crippen LogP contribution in [0.4, 0.5) is 5.69 Å². The van der Waals surface area contributed by atoms with E-state index in [-0.39, 0.29) is 5.91 Å². The van der Waals surface area contributed by atoms with Crippen molar-refractivity contribution in [3.05, 3.63) is 50.2 Å². The highest BCUT2D eigenvalue weighted by molar-refractivity contribution is 14.1. The van der Waals surface area contributed by atoms with E-state index in [0.717, 1.165) is 9.26 Å². The normalized spacial score (nSPS) is 12.8. The van der Waals surface area contributed by atoms with Gasteiger partial charge in [0.15, 0.2) is 0 Å². The van der Waals surface area contributed by atoms with E-state index < -0.39 is 9.96 Å². The van der Waals surface area contributed by atoms with Crippen LogP contribution in [0.5, 0.6) is 0 Å². The topological polar surface area (TPSA) is 41.1 Å². The smallest absolute Gasteiger partial charge is 0.263 e. The van der Waals surface area contributed by atoms with E-state index in [9.17, 15) is 4.79 Å². The molecule has 8 heteroatoms. The number of alkyl halides is 3. The molecular weight excluding hydrogens is 465 g/mol. The zero-order valence-electron chi connectivity index (χ0n) is 10.4. The molecule has 1 heterocycles. The van der Waals surface area contributed by atoms with E-state index in [1.165, 1.54) is 11.3 Å². The minimum absolute atomic E-state index is 0.292. The Labute approximate surface area is 155 Å². The number of amides is 1. The highest BCUT2D eigenvalue weighted by atomic mass is 127. The molecule has 0 saturated carbocycles. The monoisotopic (exact) mass is 474 g/mol. The summed E-state index contributed by atoms with van der Waals surface area (Å²) in [7, 11) is 0.